The summed E-state index contributed by atoms with van der Waals surface area (Å²) in [7, 11) is 0. The van der Waals surface area contributed by atoms with Crippen molar-refractivity contribution in [3.63, 3.8) is 0 Å². The Balaban J connectivity index is 1.50. The van der Waals surface area contributed by atoms with Gasteiger partial charge in [0.15, 0.2) is 0 Å². The second-order valence-electron chi connectivity index (χ2n) is 8.07. The molecule has 1 atom stereocenters. The van der Waals surface area contributed by atoms with Crippen molar-refractivity contribution in [3.05, 3.63) is 70.0 Å². The maximum absolute atomic E-state index is 13.1. The first-order valence-corrected chi connectivity index (χ1v) is 10.1. The van der Waals surface area contributed by atoms with Crippen LogP contribution in [0, 0.1) is 0 Å². The average Bonchev–Trinajstić information content (AvgIpc) is 3.12. The van der Waals surface area contributed by atoms with Crippen molar-refractivity contribution in [2.24, 2.45) is 0 Å². The molecule has 5 rings (SSSR count). The van der Waals surface area contributed by atoms with Gasteiger partial charge >= 0.3 is 0 Å². The minimum atomic E-state index is -0.296. The second-order valence-corrected chi connectivity index (χ2v) is 8.07. The predicted octanol–water partition coefficient (Wildman–Crippen LogP) is 1.93. The van der Waals surface area contributed by atoms with Gasteiger partial charge in [0.2, 0.25) is 0 Å². The van der Waals surface area contributed by atoms with Crippen molar-refractivity contribution < 1.29 is 4.79 Å². The molecule has 0 aromatic carbocycles. The number of piperidine rings is 1. The smallest absolute Gasteiger partial charge is 0.255 e. The molecule has 1 aliphatic heterocycles. The van der Waals surface area contributed by atoms with Crippen LogP contribution in [0.2, 0.25) is 0 Å². The van der Waals surface area contributed by atoms with Crippen molar-refractivity contribution in [3.8, 4) is 11.4 Å². The standard InChI is InChI=1S/C22H22N6O2/c23-17-5-4-15(12-25-17)21(30)28-10-2-7-22(13-28)8-6-16-18(22)26-19(27-20(16)29)14-3-1-9-24-11-14/h1,3-5,9,11-12H,2,6-8,10,13H2,(H2,23,25)(H,26,27,29). The summed E-state index contributed by atoms with van der Waals surface area (Å²) in [6.45, 7) is 1.23. The number of rotatable bonds is 2. The fraction of sp³-hybridized carbons (Fsp3) is 0.318. The Morgan fingerprint density at radius 2 is 2.10 bits per heavy atom. The highest BCUT2D eigenvalue weighted by molar-refractivity contribution is 5.94. The highest BCUT2D eigenvalue weighted by Gasteiger charge is 2.45. The van der Waals surface area contributed by atoms with E-state index in [-0.39, 0.29) is 16.9 Å². The van der Waals surface area contributed by atoms with Crippen molar-refractivity contribution in [2.45, 2.75) is 31.1 Å². The number of carbonyl (C=O) groups excluding carboxylic acids is 1. The Labute approximate surface area is 173 Å². The second kappa shape index (κ2) is 7.05. The number of nitrogens with one attached hydrogen (secondary N) is 1. The Hall–Kier alpha value is -3.55. The van der Waals surface area contributed by atoms with E-state index in [2.05, 4.69) is 15.0 Å². The largest absolute Gasteiger partial charge is 0.384 e. The molecule has 1 spiro atoms. The van der Waals surface area contributed by atoms with Crippen LogP contribution in [0.5, 0.6) is 0 Å². The van der Waals surface area contributed by atoms with Crippen molar-refractivity contribution in [1.82, 2.24) is 24.8 Å². The zero-order valence-corrected chi connectivity index (χ0v) is 16.5. The molecule has 1 unspecified atom stereocenters. The van der Waals surface area contributed by atoms with Gasteiger partial charge in [-0.2, -0.15) is 0 Å². The third kappa shape index (κ3) is 3.04. The summed E-state index contributed by atoms with van der Waals surface area (Å²) in [5.41, 5.74) is 8.13. The lowest BCUT2D eigenvalue weighted by atomic mass is 9.77. The molecule has 8 nitrogen and oxygen atoms in total. The normalized spacial score (nSPS) is 20.3. The highest BCUT2D eigenvalue weighted by atomic mass is 16.2. The van der Waals surface area contributed by atoms with Crippen molar-refractivity contribution in [2.75, 3.05) is 18.8 Å². The molecule has 0 bridgehead atoms. The predicted molar refractivity (Wildman–Crippen MR) is 112 cm³/mol. The lowest BCUT2D eigenvalue weighted by Crippen LogP contribution is -2.48. The summed E-state index contributed by atoms with van der Waals surface area (Å²) in [5.74, 6) is 0.851. The quantitative estimate of drug-likeness (QED) is 0.676. The molecule has 2 aliphatic rings. The van der Waals surface area contributed by atoms with E-state index in [0.717, 1.165) is 36.1 Å². The van der Waals surface area contributed by atoms with Crippen LogP contribution >= 0.6 is 0 Å². The molecule has 1 aliphatic carbocycles. The van der Waals surface area contributed by atoms with Gasteiger partial charge in [0.1, 0.15) is 11.6 Å². The van der Waals surface area contributed by atoms with Crippen molar-refractivity contribution in [1.29, 1.82) is 0 Å². The Morgan fingerprint density at radius 3 is 2.87 bits per heavy atom. The minimum absolute atomic E-state index is 0.0626. The number of aromatic amines is 1. The van der Waals surface area contributed by atoms with E-state index in [4.69, 9.17) is 10.7 Å². The SMILES string of the molecule is Nc1ccc(C(=O)N2CCCC3(CCc4c3nc(-c3cccnc3)[nH]c4=O)C2)cn1. The first-order valence-electron chi connectivity index (χ1n) is 10.1. The van der Waals surface area contributed by atoms with E-state index in [9.17, 15) is 9.59 Å². The molecule has 4 heterocycles. The number of amides is 1. The third-order valence-corrected chi connectivity index (χ3v) is 6.20. The lowest BCUT2D eigenvalue weighted by Gasteiger charge is -2.40. The number of nitrogen functional groups attached to an aromatic ring is 1. The van der Waals surface area contributed by atoms with Gasteiger partial charge in [-0.1, -0.05) is 0 Å². The fourth-order valence-corrected chi connectivity index (χ4v) is 4.71. The highest BCUT2D eigenvalue weighted by Crippen LogP contribution is 2.43. The molecule has 0 saturated carbocycles. The van der Waals surface area contributed by atoms with Gasteiger partial charge in [0, 0.05) is 48.2 Å². The van der Waals surface area contributed by atoms with E-state index >= 15 is 0 Å². The molecule has 152 valence electrons. The summed E-state index contributed by atoms with van der Waals surface area (Å²) in [5, 5.41) is 0. The molecule has 8 heteroatoms. The molecule has 0 radical (unpaired) electrons. The van der Waals surface area contributed by atoms with Gasteiger partial charge < -0.3 is 15.6 Å². The molecular formula is C22H22N6O2. The number of carbonyl (C=O) groups is 1. The maximum Gasteiger partial charge on any atom is 0.255 e. The van der Waals surface area contributed by atoms with Gasteiger partial charge in [-0.15, -0.1) is 0 Å². The van der Waals surface area contributed by atoms with Crippen LogP contribution in [0.1, 0.15) is 40.9 Å². The zero-order chi connectivity index (χ0) is 20.7. The summed E-state index contributed by atoms with van der Waals surface area (Å²) in [6.07, 6.45) is 8.17. The average molecular weight is 402 g/mol. The number of H-pyrrole nitrogens is 1. The number of pyridine rings is 2. The van der Waals surface area contributed by atoms with E-state index < -0.39 is 0 Å². The maximum atomic E-state index is 13.1. The van der Waals surface area contributed by atoms with Gasteiger partial charge in [-0.25, -0.2) is 9.97 Å². The third-order valence-electron chi connectivity index (χ3n) is 6.20. The Morgan fingerprint density at radius 1 is 1.20 bits per heavy atom. The number of aromatic nitrogens is 4. The number of nitrogens with zero attached hydrogens (tertiary/aromatic N) is 4. The summed E-state index contributed by atoms with van der Waals surface area (Å²) in [6, 6.07) is 7.04. The van der Waals surface area contributed by atoms with E-state index in [1.807, 2.05) is 17.0 Å². The number of nitrogens with two attached hydrogens (primary N) is 1. The Bertz CT molecular complexity index is 1160. The van der Waals surface area contributed by atoms with Gasteiger partial charge in [-0.3, -0.25) is 14.6 Å². The van der Waals surface area contributed by atoms with E-state index in [1.165, 1.54) is 6.20 Å². The molecule has 3 aromatic rings. The van der Waals surface area contributed by atoms with Crippen LogP contribution in [0.25, 0.3) is 11.4 Å². The van der Waals surface area contributed by atoms with Crippen LogP contribution < -0.4 is 11.3 Å². The number of fused-ring (bicyclic) bond motifs is 2. The lowest BCUT2D eigenvalue weighted by molar-refractivity contribution is 0.0633. The first-order chi connectivity index (χ1) is 14.6. The van der Waals surface area contributed by atoms with Crippen LogP contribution in [-0.4, -0.2) is 43.8 Å². The van der Waals surface area contributed by atoms with Crippen LogP contribution in [0.15, 0.2) is 47.7 Å². The first kappa shape index (κ1) is 18.5. The van der Waals surface area contributed by atoms with Crippen molar-refractivity contribution >= 4 is 11.7 Å². The Kier molecular flexibility index (Phi) is 4.34. The summed E-state index contributed by atoms with van der Waals surface area (Å²) < 4.78 is 0. The molecule has 1 saturated heterocycles. The summed E-state index contributed by atoms with van der Waals surface area (Å²) in [4.78, 5) is 43.7. The number of hydrogen-bond donors (Lipinski definition) is 2. The molecule has 1 amide bonds. The van der Waals surface area contributed by atoms with Crippen LogP contribution in [0.4, 0.5) is 5.82 Å². The molecule has 3 aromatic heterocycles. The van der Waals surface area contributed by atoms with Gasteiger partial charge in [-0.05, 0) is 49.9 Å². The molecular weight excluding hydrogens is 380 g/mol. The van der Waals surface area contributed by atoms with Gasteiger partial charge in [0.25, 0.3) is 11.5 Å². The summed E-state index contributed by atoms with van der Waals surface area (Å²) >= 11 is 0. The van der Waals surface area contributed by atoms with E-state index in [0.29, 0.717) is 36.7 Å². The molecule has 30 heavy (non-hydrogen) atoms. The van der Waals surface area contributed by atoms with Crippen LogP contribution in [0.3, 0.4) is 0 Å². The number of anilines is 1. The van der Waals surface area contributed by atoms with Crippen LogP contribution in [-0.2, 0) is 11.8 Å². The topological polar surface area (TPSA) is 118 Å². The zero-order valence-electron chi connectivity index (χ0n) is 16.5. The monoisotopic (exact) mass is 402 g/mol. The fourth-order valence-electron chi connectivity index (χ4n) is 4.71. The molecule has 1 fully saturated rings. The van der Waals surface area contributed by atoms with Gasteiger partial charge in [0.05, 0.1) is 11.3 Å². The van der Waals surface area contributed by atoms with E-state index in [1.54, 1.807) is 24.5 Å². The number of likely N-dealkylation sites (tertiary alicyclic amines) is 1. The molecule has 3 N–H and O–H groups in total. The number of hydrogen-bond acceptors (Lipinski definition) is 6. The minimum Gasteiger partial charge on any atom is -0.384 e.